The van der Waals surface area contributed by atoms with Crippen molar-refractivity contribution in [2.75, 3.05) is 11.4 Å². The minimum atomic E-state index is -0.584. The van der Waals surface area contributed by atoms with Crippen molar-refractivity contribution in [1.82, 2.24) is 15.0 Å². The number of amides is 1. The molecule has 3 aromatic rings. The molecular weight excluding hydrogens is 480 g/mol. The lowest BCUT2D eigenvalue weighted by molar-refractivity contribution is -0.114. The van der Waals surface area contributed by atoms with Gasteiger partial charge in [-0.2, -0.15) is 0 Å². The maximum absolute atomic E-state index is 12.4. The molecule has 5 rings (SSSR count). The first kappa shape index (κ1) is 23.9. The van der Waals surface area contributed by atoms with E-state index in [1.54, 1.807) is 59.4 Å². The summed E-state index contributed by atoms with van der Waals surface area (Å²) in [7, 11) is 0. The third-order valence-electron chi connectivity index (χ3n) is 5.71. The van der Waals surface area contributed by atoms with Gasteiger partial charge in [-0.3, -0.25) is 19.1 Å². The SMILES string of the molecule is O=C(/C=C/[C]1[CH][CH][CH][CH]1)c1ccc(OCc2cn(CCN3C(=O)C(=O)c4cc(Cl)ccc43)nn2)cc1. The third-order valence-corrected chi connectivity index (χ3v) is 5.95. The summed E-state index contributed by atoms with van der Waals surface area (Å²) in [6, 6.07) is 11.7. The highest BCUT2D eigenvalue weighted by Crippen LogP contribution is 2.31. The lowest BCUT2D eigenvalue weighted by atomic mass is 10.1. The molecule has 1 saturated carbocycles. The van der Waals surface area contributed by atoms with Crippen molar-refractivity contribution in [3.05, 3.63) is 114 Å². The number of benzene rings is 2. The van der Waals surface area contributed by atoms with Crippen LogP contribution in [0.1, 0.15) is 26.4 Å². The van der Waals surface area contributed by atoms with Crippen LogP contribution in [0.15, 0.2) is 60.8 Å². The number of rotatable bonds is 9. The normalized spacial score (nSPS) is 15.8. The summed E-state index contributed by atoms with van der Waals surface area (Å²) >= 11 is 5.95. The fourth-order valence-electron chi connectivity index (χ4n) is 3.85. The molecule has 2 aliphatic rings. The van der Waals surface area contributed by atoms with Crippen molar-refractivity contribution >= 4 is 34.8 Å². The number of anilines is 1. The van der Waals surface area contributed by atoms with Crippen LogP contribution in [0.5, 0.6) is 5.75 Å². The number of carbonyl (C=O) groups is 3. The van der Waals surface area contributed by atoms with E-state index in [9.17, 15) is 14.4 Å². The highest BCUT2D eigenvalue weighted by Gasteiger charge is 2.35. The van der Waals surface area contributed by atoms with Gasteiger partial charge in [0.1, 0.15) is 18.1 Å². The Balaban J connectivity index is 1.12. The van der Waals surface area contributed by atoms with Gasteiger partial charge in [0, 0.05) is 23.0 Å². The molecule has 5 radical (unpaired) electrons. The van der Waals surface area contributed by atoms with Gasteiger partial charge >= 0.3 is 0 Å². The van der Waals surface area contributed by atoms with Crippen LogP contribution in [0.25, 0.3) is 0 Å². The summed E-state index contributed by atoms with van der Waals surface area (Å²) in [5.41, 5.74) is 2.02. The van der Waals surface area contributed by atoms with Gasteiger partial charge in [-0.05, 0) is 74.2 Å². The maximum atomic E-state index is 12.4. The molecule has 9 heteroatoms. The van der Waals surface area contributed by atoms with E-state index in [4.69, 9.17) is 16.3 Å². The second-order valence-electron chi connectivity index (χ2n) is 8.15. The molecule has 1 aliphatic carbocycles. The Kier molecular flexibility index (Phi) is 6.95. The van der Waals surface area contributed by atoms with E-state index >= 15 is 0 Å². The molecule has 36 heavy (non-hydrogen) atoms. The second kappa shape index (κ2) is 10.5. The van der Waals surface area contributed by atoms with Gasteiger partial charge in [0.2, 0.25) is 0 Å². The maximum Gasteiger partial charge on any atom is 0.299 e. The minimum absolute atomic E-state index is 0.0883. The van der Waals surface area contributed by atoms with Crippen molar-refractivity contribution in [2.24, 2.45) is 0 Å². The Labute approximate surface area is 213 Å². The minimum Gasteiger partial charge on any atom is -0.487 e. The van der Waals surface area contributed by atoms with Crippen LogP contribution in [-0.2, 0) is 17.9 Å². The topological polar surface area (TPSA) is 94.4 Å². The first-order valence-corrected chi connectivity index (χ1v) is 11.6. The molecule has 1 aromatic heterocycles. The largest absolute Gasteiger partial charge is 0.487 e. The predicted molar refractivity (Wildman–Crippen MR) is 133 cm³/mol. The average Bonchev–Trinajstić information content (AvgIpc) is 3.62. The summed E-state index contributed by atoms with van der Waals surface area (Å²) in [4.78, 5) is 38.3. The monoisotopic (exact) mass is 499 g/mol. The van der Waals surface area contributed by atoms with E-state index in [1.165, 1.54) is 11.0 Å². The standard InChI is InChI=1S/C27H20ClN4O4/c28-20-8-11-24-23(15-20)26(34)27(35)32(24)14-13-31-16-21(29-30-31)17-36-22-9-6-19(7-10-22)25(33)12-5-18-3-1-2-4-18/h1-12,15-16H,13-14,17H2/b12-5+. The first-order chi connectivity index (χ1) is 17.5. The molecule has 179 valence electrons. The van der Waals surface area contributed by atoms with Crippen molar-refractivity contribution in [1.29, 1.82) is 0 Å². The number of fused-ring (bicyclic) bond motifs is 1. The Hall–Kier alpha value is -3.78. The average molecular weight is 500 g/mol. The quantitative estimate of drug-likeness (QED) is 0.252. The third kappa shape index (κ3) is 5.23. The molecule has 0 spiro atoms. The van der Waals surface area contributed by atoms with Gasteiger partial charge < -0.3 is 9.64 Å². The van der Waals surface area contributed by atoms with E-state index in [2.05, 4.69) is 10.3 Å². The number of allylic oxidation sites excluding steroid dienone is 2. The second-order valence-corrected chi connectivity index (χ2v) is 8.59. The van der Waals surface area contributed by atoms with Crippen molar-refractivity contribution in [2.45, 2.75) is 13.2 Å². The lowest BCUT2D eigenvalue weighted by Crippen LogP contribution is -2.32. The molecule has 2 aromatic carbocycles. The highest BCUT2D eigenvalue weighted by molar-refractivity contribution is 6.52. The number of Topliss-reactive ketones (excluding diaryl/α,β-unsaturated/α-hetero) is 1. The molecule has 0 saturated heterocycles. The summed E-state index contributed by atoms with van der Waals surface area (Å²) in [6.07, 6.45) is 12.7. The Morgan fingerprint density at radius 1 is 1.03 bits per heavy atom. The van der Waals surface area contributed by atoms with E-state index in [1.807, 2.05) is 25.7 Å². The molecule has 2 heterocycles. The zero-order chi connectivity index (χ0) is 25.1. The van der Waals surface area contributed by atoms with Crippen molar-refractivity contribution < 1.29 is 19.1 Å². The van der Waals surface area contributed by atoms with E-state index in [0.717, 1.165) is 5.92 Å². The summed E-state index contributed by atoms with van der Waals surface area (Å²) in [5, 5.41) is 8.58. The number of nitrogens with zero attached hydrogens (tertiary/aromatic N) is 4. The Morgan fingerprint density at radius 3 is 2.58 bits per heavy atom. The van der Waals surface area contributed by atoms with Crippen LogP contribution in [-0.4, -0.2) is 39.0 Å². The zero-order valence-corrected chi connectivity index (χ0v) is 19.8. The number of hydrogen-bond acceptors (Lipinski definition) is 6. The van der Waals surface area contributed by atoms with E-state index in [-0.39, 0.29) is 18.9 Å². The number of halogens is 1. The van der Waals surface area contributed by atoms with Crippen LogP contribution in [0.4, 0.5) is 5.69 Å². The number of ketones is 2. The van der Waals surface area contributed by atoms with Gasteiger partial charge in [0.05, 0.1) is 24.0 Å². The molecule has 0 atom stereocenters. The lowest BCUT2D eigenvalue weighted by Gasteiger charge is -2.16. The first-order valence-electron chi connectivity index (χ1n) is 11.2. The Morgan fingerprint density at radius 2 is 1.81 bits per heavy atom. The van der Waals surface area contributed by atoms with Gasteiger partial charge in [-0.1, -0.05) is 22.9 Å². The smallest absolute Gasteiger partial charge is 0.299 e. The summed E-state index contributed by atoms with van der Waals surface area (Å²) in [5.74, 6) is 0.337. The molecule has 1 amide bonds. The summed E-state index contributed by atoms with van der Waals surface area (Å²) in [6.45, 7) is 0.800. The van der Waals surface area contributed by atoms with Gasteiger partial charge in [0.15, 0.2) is 5.78 Å². The van der Waals surface area contributed by atoms with Crippen LogP contribution < -0.4 is 9.64 Å². The Bertz CT molecular complexity index is 1330. The predicted octanol–water partition coefficient (Wildman–Crippen LogP) is 3.88. The number of carbonyl (C=O) groups excluding carboxylic acids is 3. The molecule has 1 aliphatic heterocycles. The van der Waals surface area contributed by atoms with Crippen molar-refractivity contribution in [3.63, 3.8) is 0 Å². The molecule has 0 N–H and O–H groups in total. The molecule has 8 nitrogen and oxygen atoms in total. The zero-order valence-electron chi connectivity index (χ0n) is 19.0. The summed E-state index contributed by atoms with van der Waals surface area (Å²) < 4.78 is 7.35. The van der Waals surface area contributed by atoms with Crippen LogP contribution in [0.3, 0.4) is 0 Å². The van der Waals surface area contributed by atoms with Crippen LogP contribution in [0.2, 0.25) is 5.02 Å². The molecule has 0 bridgehead atoms. The van der Waals surface area contributed by atoms with Gasteiger partial charge in [-0.25, -0.2) is 0 Å². The number of ether oxygens (including phenoxy) is 1. The number of aromatic nitrogens is 3. The molecular formula is C27H20ClN4O4. The van der Waals surface area contributed by atoms with E-state index in [0.29, 0.717) is 39.8 Å². The molecule has 0 unspecified atom stereocenters. The molecule has 1 fully saturated rings. The fraction of sp³-hybridized carbons (Fsp3) is 0.111. The van der Waals surface area contributed by atoms with Gasteiger partial charge in [-0.15, -0.1) is 5.10 Å². The van der Waals surface area contributed by atoms with Crippen LogP contribution >= 0.6 is 11.6 Å². The van der Waals surface area contributed by atoms with Gasteiger partial charge in [0.25, 0.3) is 11.7 Å². The number of hydrogen-bond donors (Lipinski definition) is 0. The van der Waals surface area contributed by atoms with Crippen LogP contribution in [0, 0.1) is 31.6 Å². The fourth-order valence-corrected chi connectivity index (χ4v) is 4.02. The van der Waals surface area contributed by atoms with Crippen molar-refractivity contribution in [3.8, 4) is 5.75 Å². The van der Waals surface area contributed by atoms with E-state index < -0.39 is 11.7 Å². The highest BCUT2D eigenvalue weighted by atomic mass is 35.5.